The molecule has 0 radical (unpaired) electrons. The number of hydrogen-bond donors (Lipinski definition) is 0. The molecule has 0 aliphatic rings. The monoisotopic (exact) mass is 244 g/mol. The molecule has 0 bridgehead atoms. The first-order chi connectivity index (χ1) is 8.19. The van der Waals surface area contributed by atoms with E-state index in [2.05, 4.69) is 56.3 Å². The van der Waals surface area contributed by atoms with Gasteiger partial charge in [0, 0.05) is 4.90 Å². The molecular weight excluding hydrogens is 228 g/mol. The smallest absolute Gasteiger partial charge is 0.133 e. The highest BCUT2D eigenvalue weighted by molar-refractivity contribution is 7.99. The molecule has 0 heterocycles. The van der Waals surface area contributed by atoms with Gasteiger partial charge in [0.05, 0.1) is 12.0 Å². The summed E-state index contributed by atoms with van der Waals surface area (Å²) in [6.07, 6.45) is 0. The first-order valence-corrected chi connectivity index (χ1v) is 6.40. The lowest BCUT2D eigenvalue weighted by molar-refractivity contribution is 0.404. The van der Waals surface area contributed by atoms with E-state index >= 15 is 0 Å². The van der Waals surface area contributed by atoms with Gasteiger partial charge in [0.1, 0.15) is 5.75 Å². The van der Waals surface area contributed by atoms with Crippen LogP contribution in [0.5, 0.6) is 5.75 Å². The Bertz CT molecular complexity index is 503. The highest BCUT2D eigenvalue weighted by atomic mass is 32.2. The Morgan fingerprint density at radius 2 is 1.53 bits per heavy atom. The van der Waals surface area contributed by atoms with Crippen LogP contribution in [0.25, 0.3) is 0 Å². The first-order valence-electron chi connectivity index (χ1n) is 5.58. The Kier molecular flexibility index (Phi) is 3.75. The summed E-state index contributed by atoms with van der Waals surface area (Å²) in [5.74, 6) is 0.940. The molecule has 0 unspecified atom stereocenters. The van der Waals surface area contributed by atoms with E-state index < -0.39 is 0 Å². The molecule has 2 heteroatoms. The molecule has 0 saturated carbocycles. The molecule has 0 amide bonds. The molecule has 2 aromatic carbocycles. The lowest BCUT2D eigenvalue weighted by Gasteiger charge is -2.09. The molecule has 0 aliphatic carbocycles. The van der Waals surface area contributed by atoms with E-state index in [9.17, 15) is 0 Å². The van der Waals surface area contributed by atoms with Gasteiger partial charge in [0.2, 0.25) is 0 Å². The molecule has 0 saturated heterocycles. The summed E-state index contributed by atoms with van der Waals surface area (Å²) < 4.78 is 5.40. The molecule has 0 spiro atoms. The van der Waals surface area contributed by atoms with Crippen LogP contribution in [0.2, 0.25) is 0 Å². The van der Waals surface area contributed by atoms with E-state index in [0.717, 1.165) is 10.6 Å². The van der Waals surface area contributed by atoms with Crippen LogP contribution in [0.4, 0.5) is 0 Å². The van der Waals surface area contributed by atoms with Crippen molar-refractivity contribution < 1.29 is 4.74 Å². The Hall–Kier alpha value is -1.41. The van der Waals surface area contributed by atoms with E-state index in [-0.39, 0.29) is 0 Å². The van der Waals surface area contributed by atoms with Crippen molar-refractivity contribution in [3.63, 3.8) is 0 Å². The third-order valence-corrected chi connectivity index (χ3v) is 3.63. The molecule has 0 aliphatic heterocycles. The van der Waals surface area contributed by atoms with Crippen molar-refractivity contribution in [3.05, 3.63) is 53.6 Å². The lowest BCUT2D eigenvalue weighted by Crippen LogP contribution is -1.87. The summed E-state index contributed by atoms with van der Waals surface area (Å²) in [5.41, 5.74) is 2.50. The van der Waals surface area contributed by atoms with Gasteiger partial charge in [-0.15, -0.1) is 0 Å². The normalized spacial score (nSPS) is 10.3. The number of rotatable bonds is 3. The molecule has 88 valence electrons. The van der Waals surface area contributed by atoms with Crippen LogP contribution in [-0.2, 0) is 0 Å². The fourth-order valence-corrected chi connectivity index (χ4v) is 2.50. The molecule has 2 rings (SSSR count). The van der Waals surface area contributed by atoms with Crippen molar-refractivity contribution in [2.75, 3.05) is 7.11 Å². The maximum atomic E-state index is 5.40. The zero-order valence-corrected chi connectivity index (χ0v) is 11.2. The summed E-state index contributed by atoms with van der Waals surface area (Å²) in [7, 11) is 1.72. The fourth-order valence-electron chi connectivity index (χ4n) is 1.59. The van der Waals surface area contributed by atoms with Crippen molar-refractivity contribution >= 4 is 11.8 Å². The fraction of sp³-hybridized carbons (Fsp3) is 0.200. The van der Waals surface area contributed by atoms with Gasteiger partial charge in [0.25, 0.3) is 0 Å². The van der Waals surface area contributed by atoms with E-state index in [0.29, 0.717) is 0 Å². The van der Waals surface area contributed by atoms with Gasteiger partial charge < -0.3 is 4.74 Å². The van der Waals surface area contributed by atoms with Gasteiger partial charge in [-0.3, -0.25) is 0 Å². The molecule has 0 fully saturated rings. The van der Waals surface area contributed by atoms with Crippen LogP contribution in [0, 0.1) is 13.8 Å². The minimum Gasteiger partial charge on any atom is -0.496 e. The molecule has 0 N–H and O–H groups in total. The van der Waals surface area contributed by atoms with Crippen molar-refractivity contribution in [2.45, 2.75) is 23.6 Å². The number of benzene rings is 2. The van der Waals surface area contributed by atoms with Gasteiger partial charge in [-0.25, -0.2) is 0 Å². The average Bonchev–Trinajstić information content (AvgIpc) is 2.34. The molecule has 0 atom stereocenters. The summed E-state index contributed by atoms with van der Waals surface area (Å²) in [6.45, 7) is 4.17. The topological polar surface area (TPSA) is 9.23 Å². The summed E-state index contributed by atoms with van der Waals surface area (Å²) in [4.78, 5) is 2.39. The predicted molar refractivity (Wildman–Crippen MR) is 73.0 cm³/mol. The first kappa shape index (κ1) is 12.1. The number of aryl methyl sites for hydroxylation is 2. The Labute approximate surface area is 107 Å². The minimum atomic E-state index is 0.940. The SMILES string of the molecule is COc1cc(C)ccc1Sc1ccc(C)cc1. The third kappa shape index (κ3) is 3.04. The van der Waals surface area contributed by atoms with Gasteiger partial charge in [-0.05, 0) is 43.7 Å². The van der Waals surface area contributed by atoms with Gasteiger partial charge in [-0.1, -0.05) is 35.5 Å². The third-order valence-electron chi connectivity index (χ3n) is 2.57. The number of methoxy groups -OCH3 is 1. The van der Waals surface area contributed by atoms with Crippen molar-refractivity contribution in [3.8, 4) is 5.75 Å². The second kappa shape index (κ2) is 5.28. The zero-order chi connectivity index (χ0) is 12.3. The van der Waals surface area contributed by atoms with Gasteiger partial charge >= 0.3 is 0 Å². The van der Waals surface area contributed by atoms with Crippen LogP contribution in [-0.4, -0.2) is 7.11 Å². The van der Waals surface area contributed by atoms with Crippen LogP contribution in [0.1, 0.15) is 11.1 Å². The molecule has 17 heavy (non-hydrogen) atoms. The second-order valence-electron chi connectivity index (χ2n) is 4.07. The number of hydrogen-bond acceptors (Lipinski definition) is 2. The lowest BCUT2D eigenvalue weighted by atomic mass is 10.2. The Morgan fingerprint density at radius 1 is 0.882 bits per heavy atom. The van der Waals surface area contributed by atoms with Crippen LogP contribution in [0.3, 0.4) is 0 Å². The van der Waals surface area contributed by atoms with E-state index in [1.807, 2.05) is 0 Å². The Balaban J connectivity index is 2.26. The van der Waals surface area contributed by atoms with Crippen LogP contribution in [0.15, 0.2) is 52.3 Å². The average molecular weight is 244 g/mol. The van der Waals surface area contributed by atoms with E-state index in [1.165, 1.54) is 16.0 Å². The van der Waals surface area contributed by atoms with Crippen molar-refractivity contribution in [1.29, 1.82) is 0 Å². The summed E-state index contributed by atoms with van der Waals surface area (Å²) in [5, 5.41) is 0. The predicted octanol–water partition coefficient (Wildman–Crippen LogP) is 4.46. The van der Waals surface area contributed by atoms with Crippen molar-refractivity contribution in [1.82, 2.24) is 0 Å². The number of ether oxygens (including phenoxy) is 1. The quantitative estimate of drug-likeness (QED) is 0.788. The molecule has 1 nitrogen and oxygen atoms in total. The zero-order valence-electron chi connectivity index (χ0n) is 10.4. The maximum absolute atomic E-state index is 5.40. The Morgan fingerprint density at radius 3 is 2.18 bits per heavy atom. The van der Waals surface area contributed by atoms with E-state index in [4.69, 9.17) is 4.74 Å². The van der Waals surface area contributed by atoms with E-state index in [1.54, 1.807) is 18.9 Å². The molecule has 0 aromatic heterocycles. The molecule has 2 aromatic rings. The second-order valence-corrected chi connectivity index (χ2v) is 5.18. The maximum Gasteiger partial charge on any atom is 0.133 e. The van der Waals surface area contributed by atoms with Gasteiger partial charge in [-0.2, -0.15) is 0 Å². The summed E-state index contributed by atoms with van der Waals surface area (Å²) in [6, 6.07) is 14.8. The standard InChI is InChI=1S/C15H16OS/c1-11-4-7-13(8-5-11)17-15-9-6-12(2)10-14(15)16-3/h4-10H,1-3H3. The minimum absolute atomic E-state index is 0.940. The largest absolute Gasteiger partial charge is 0.496 e. The highest BCUT2D eigenvalue weighted by Crippen LogP contribution is 2.35. The highest BCUT2D eigenvalue weighted by Gasteiger charge is 2.04. The van der Waals surface area contributed by atoms with Gasteiger partial charge in [0.15, 0.2) is 0 Å². The van der Waals surface area contributed by atoms with Crippen molar-refractivity contribution in [2.24, 2.45) is 0 Å². The van der Waals surface area contributed by atoms with Crippen LogP contribution < -0.4 is 4.74 Å². The molecular formula is C15H16OS. The summed E-state index contributed by atoms with van der Waals surface area (Å²) >= 11 is 1.73. The van der Waals surface area contributed by atoms with Crippen LogP contribution >= 0.6 is 11.8 Å².